The monoisotopic (exact) mass is 248 g/mol. The molecule has 0 radical (unpaired) electrons. The maximum Gasteiger partial charge on any atom is 0.356 e. The Hall–Kier alpha value is -2.51. The quantitative estimate of drug-likeness (QED) is 0.694. The fraction of sp³-hybridized carbons (Fsp3) is 0.300. The topological polar surface area (TPSA) is 117 Å². The molecule has 0 amide bonds. The molecular formula is C10H12N6O2. The van der Waals surface area contributed by atoms with Gasteiger partial charge in [-0.3, -0.25) is 5.10 Å². The summed E-state index contributed by atoms with van der Waals surface area (Å²) in [6.07, 6.45) is 3.24. The Morgan fingerprint density at radius 1 is 1.44 bits per heavy atom. The van der Waals surface area contributed by atoms with Gasteiger partial charge in [-0.2, -0.15) is 5.10 Å². The molecule has 0 aromatic carbocycles. The number of H-pyrrole nitrogens is 1. The molecule has 0 aliphatic carbocycles. The van der Waals surface area contributed by atoms with Crippen LogP contribution in [0.3, 0.4) is 0 Å². The zero-order valence-electron chi connectivity index (χ0n) is 9.71. The van der Waals surface area contributed by atoms with Crippen molar-refractivity contribution in [3.8, 4) is 0 Å². The summed E-state index contributed by atoms with van der Waals surface area (Å²) in [6.45, 7) is 2.43. The summed E-state index contributed by atoms with van der Waals surface area (Å²) in [7, 11) is 0. The van der Waals surface area contributed by atoms with Crippen molar-refractivity contribution in [1.82, 2.24) is 25.1 Å². The molecule has 2 heterocycles. The van der Waals surface area contributed by atoms with E-state index in [1.54, 1.807) is 0 Å². The number of hydrogen-bond donors (Lipinski definition) is 3. The second kappa shape index (κ2) is 5.21. The highest BCUT2D eigenvalue weighted by atomic mass is 16.4. The Kier molecular flexibility index (Phi) is 3.46. The summed E-state index contributed by atoms with van der Waals surface area (Å²) in [5.74, 6) is 0.920. The molecule has 18 heavy (non-hydrogen) atoms. The van der Waals surface area contributed by atoms with E-state index in [0.717, 1.165) is 11.6 Å². The van der Waals surface area contributed by atoms with E-state index in [-0.39, 0.29) is 5.69 Å². The summed E-state index contributed by atoms with van der Waals surface area (Å²) in [4.78, 5) is 22.4. The van der Waals surface area contributed by atoms with Crippen molar-refractivity contribution in [2.45, 2.75) is 13.3 Å². The first-order valence-corrected chi connectivity index (χ1v) is 5.32. The van der Waals surface area contributed by atoms with Crippen molar-refractivity contribution < 1.29 is 9.90 Å². The van der Waals surface area contributed by atoms with E-state index < -0.39 is 5.97 Å². The van der Waals surface area contributed by atoms with Gasteiger partial charge in [0.25, 0.3) is 0 Å². The van der Waals surface area contributed by atoms with Gasteiger partial charge in [-0.1, -0.05) is 0 Å². The Bertz CT molecular complexity index is 536. The smallest absolute Gasteiger partial charge is 0.356 e. The fourth-order valence-electron chi connectivity index (χ4n) is 1.33. The summed E-state index contributed by atoms with van der Waals surface area (Å²) >= 11 is 0. The van der Waals surface area contributed by atoms with Gasteiger partial charge < -0.3 is 10.4 Å². The molecule has 94 valence electrons. The van der Waals surface area contributed by atoms with Gasteiger partial charge in [-0.25, -0.2) is 19.7 Å². The number of nitrogens with zero attached hydrogens (tertiary/aromatic N) is 4. The average molecular weight is 248 g/mol. The Morgan fingerprint density at radius 2 is 2.28 bits per heavy atom. The van der Waals surface area contributed by atoms with Crippen molar-refractivity contribution in [3.63, 3.8) is 0 Å². The first-order valence-electron chi connectivity index (χ1n) is 5.32. The number of anilines is 1. The van der Waals surface area contributed by atoms with Gasteiger partial charge in [0.1, 0.15) is 11.6 Å². The SMILES string of the molecule is Cc1nc(CCNc2cnc(C(=O)O)cn2)n[nH]1. The number of aryl methyl sites for hydroxylation is 1. The molecule has 0 aliphatic rings. The Labute approximate surface area is 103 Å². The largest absolute Gasteiger partial charge is 0.476 e. The maximum atomic E-state index is 10.6. The molecule has 2 aromatic rings. The number of rotatable bonds is 5. The van der Waals surface area contributed by atoms with Crippen molar-refractivity contribution in [2.24, 2.45) is 0 Å². The van der Waals surface area contributed by atoms with E-state index in [2.05, 4.69) is 30.5 Å². The summed E-state index contributed by atoms with van der Waals surface area (Å²) in [5.41, 5.74) is -0.0786. The number of nitrogens with one attached hydrogen (secondary N) is 2. The number of aromatic amines is 1. The normalized spacial score (nSPS) is 10.3. The molecule has 0 spiro atoms. The van der Waals surface area contributed by atoms with Crippen LogP contribution in [-0.2, 0) is 6.42 Å². The lowest BCUT2D eigenvalue weighted by molar-refractivity contribution is 0.0690. The van der Waals surface area contributed by atoms with Gasteiger partial charge in [0.05, 0.1) is 12.4 Å². The van der Waals surface area contributed by atoms with Crippen LogP contribution in [0.2, 0.25) is 0 Å². The van der Waals surface area contributed by atoms with Gasteiger partial charge in [0, 0.05) is 13.0 Å². The molecule has 0 bridgehead atoms. The van der Waals surface area contributed by atoms with E-state index in [9.17, 15) is 4.79 Å². The van der Waals surface area contributed by atoms with Crippen LogP contribution in [0, 0.1) is 6.92 Å². The molecule has 0 fully saturated rings. The molecule has 0 saturated heterocycles. The number of carbonyl (C=O) groups is 1. The first kappa shape index (κ1) is 12.0. The van der Waals surface area contributed by atoms with Crippen molar-refractivity contribution in [3.05, 3.63) is 29.7 Å². The number of hydrogen-bond acceptors (Lipinski definition) is 6. The lowest BCUT2D eigenvalue weighted by Crippen LogP contribution is -2.09. The minimum absolute atomic E-state index is 0.0786. The van der Waals surface area contributed by atoms with Crippen molar-refractivity contribution in [1.29, 1.82) is 0 Å². The van der Waals surface area contributed by atoms with E-state index in [0.29, 0.717) is 18.8 Å². The van der Waals surface area contributed by atoms with Gasteiger partial charge in [0.2, 0.25) is 0 Å². The second-order valence-electron chi connectivity index (χ2n) is 3.61. The standard InChI is InChI=1S/C10H12N6O2/c1-6-14-8(16-15-6)2-3-11-9-5-12-7(4-13-9)10(17)18/h4-5H,2-3H2,1H3,(H,11,13)(H,17,18)(H,14,15,16). The molecular weight excluding hydrogens is 236 g/mol. The van der Waals surface area contributed by atoms with Crippen molar-refractivity contribution >= 4 is 11.8 Å². The fourth-order valence-corrected chi connectivity index (χ4v) is 1.33. The molecule has 8 nitrogen and oxygen atoms in total. The van der Waals surface area contributed by atoms with E-state index in [1.165, 1.54) is 12.4 Å². The maximum absolute atomic E-state index is 10.6. The van der Waals surface area contributed by atoms with Crippen LogP contribution in [0.4, 0.5) is 5.82 Å². The highest BCUT2D eigenvalue weighted by molar-refractivity contribution is 5.84. The van der Waals surface area contributed by atoms with Crippen LogP contribution in [0.15, 0.2) is 12.4 Å². The molecule has 0 saturated carbocycles. The van der Waals surface area contributed by atoms with Gasteiger partial charge in [0.15, 0.2) is 11.5 Å². The predicted molar refractivity (Wildman–Crippen MR) is 62.3 cm³/mol. The summed E-state index contributed by atoms with van der Waals surface area (Å²) < 4.78 is 0. The first-order chi connectivity index (χ1) is 8.65. The minimum Gasteiger partial charge on any atom is -0.476 e. The molecule has 0 atom stereocenters. The number of carboxylic acid groups (broad SMARTS) is 1. The number of aromatic nitrogens is 5. The third kappa shape index (κ3) is 3.00. The third-order valence-corrected chi connectivity index (χ3v) is 2.17. The van der Waals surface area contributed by atoms with Gasteiger partial charge in [-0.05, 0) is 6.92 Å². The average Bonchev–Trinajstić information content (AvgIpc) is 2.76. The predicted octanol–water partition coefficient (Wildman–Crippen LogP) is 0.256. The minimum atomic E-state index is -1.09. The molecule has 3 N–H and O–H groups in total. The molecule has 2 aromatic heterocycles. The summed E-state index contributed by atoms with van der Waals surface area (Å²) in [6, 6.07) is 0. The number of carboxylic acids is 1. The molecule has 2 rings (SSSR count). The van der Waals surface area contributed by atoms with Gasteiger partial charge in [-0.15, -0.1) is 0 Å². The Balaban J connectivity index is 1.85. The summed E-state index contributed by atoms with van der Waals surface area (Å²) in [5, 5.41) is 18.4. The van der Waals surface area contributed by atoms with Crippen LogP contribution in [0.1, 0.15) is 22.1 Å². The van der Waals surface area contributed by atoms with Crippen LogP contribution < -0.4 is 5.32 Å². The highest BCUT2D eigenvalue weighted by Gasteiger charge is 2.05. The third-order valence-electron chi connectivity index (χ3n) is 2.17. The zero-order valence-corrected chi connectivity index (χ0v) is 9.71. The lowest BCUT2D eigenvalue weighted by atomic mass is 10.4. The van der Waals surface area contributed by atoms with E-state index >= 15 is 0 Å². The second-order valence-corrected chi connectivity index (χ2v) is 3.61. The van der Waals surface area contributed by atoms with Gasteiger partial charge >= 0.3 is 5.97 Å². The van der Waals surface area contributed by atoms with Crippen molar-refractivity contribution in [2.75, 3.05) is 11.9 Å². The van der Waals surface area contributed by atoms with Crippen LogP contribution in [-0.4, -0.2) is 42.8 Å². The Morgan fingerprint density at radius 3 is 2.83 bits per heavy atom. The zero-order chi connectivity index (χ0) is 13.0. The molecule has 0 unspecified atom stereocenters. The number of aromatic carboxylic acids is 1. The highest BCUT2D eigenvalue weighted by Crippen LogP contribution is 2.01. The van der Waals surface area contributed by atoms with E-state index in [4.69, 9.17) is 5.11 Å². The molecule has 8 heteroatoms. The van der Waals surface area contributed by atoms with Crippen LogP contribution >= 0.6 is 0 Å². The van der Waals surface area contributed by atoms with E-state index in [1.807, 2.05) is 6.92 Å². The van der Waals surface area contributed by atoms with Crippen LogP contribution in [0.25, 0.3) is 0 Å². The lowest BCUT2D eigenvalue weighted by Gasteiger charge is -2.02. The van der Waals surface area contributed by atoms with Crippen LogP contribution in [0.5, 0.6) is 0 Å². The molecule has 0 aliphatic heterocycles.